The van der Waals surface area contributed by atoms with Crippen LogP contribution >= 0.6 is 11.6 Å². The Labute approximate surface area is 101 Å². The van der Waals surface area contributed by atoms with E-state index in [1.54, 1.807) is 13.8 Å². The number of hydrogen-bond donors (Lipinski definition) is 1. The second-order valence-corrected chi connectivity index (χ2v) is 4.70. The molecular weight excluding hydrogens is 230 g/mol. The molecule has 92 valence electrons. The minimum Gasteiger partial charge on any atom is -0.464 e. The number of hydrogen-bond acceptors (Lipinski definition) is 3. The third-order valence-corrected chi connectivity index (χ3v) is 3.02. The summed E-state index contributed by atoms with van der Waals surface area (Å²) in [6, 6.07) is -0.526. The minimum atomic E-state index is -0.628. The van der Waals surface area contributed by atoms with Gasteiger partial charge in [0.1, 0.15) is 11.4 Å². The number of alkyl halides is 1. The van der Waals surface area contributed by atoms with Crippen LogP contribution in [0.3, 0.4) is 0 Å². The van der Waals surface area contributed by atoms with Gasteiger partial charge in [-0.3, -0.25) is 4.79 Å². The van der Waals surface area contributed by atoms with E-state index in [4.69, 9.17) is 16.3 Å². The van der Waals surface area contributed by atoms with Crippen molar-refractivity contribution in [3.8, 4) is 0 Å². The van der Waals surface area contributed by atoms with Gasteiger partial charge in [-0.05, 0) is 32.6 Å². The van der Waals surface area contributed by atoms with Crippen LogP contribution in [0.5, 0.6) is 0 Å². The summed E-state index contributed by atoms with van der Waals surface area (Å²) < 4.78 is 4.94. The zero-order valence-corrected chi connectivity index (χ0v) is 10.4. The largest absolute Gasteiger partial charge is 0.464 e. The van der Waals surface area contributed by atoms with Crippen molar-refractivity contribution in [2.24, 2.45) is 5.92 Å². The van der Waals surface area contributed by atoms with Crippen LogP contribution in [0.4, 0.5) is 0 Å². The van der Waals surface area contributed by atoms with E-state index in [1.807, 2.05) is 0 Å². The van der Waals surface area contributed by atoms with Crippen molar-refractivity contribution in [2.45, 2.75) is 44.5 Å². The van der Waals surface area contributed by atoms with Crippen LogP contribution in [0.2, 0.25) is 0 Å². The maximum Gasteiger partial charge on any atom is 0.328 e. The molecule has 0 saturated heterocycles. The number of amides is 1. The number of halogens is 1. The first kappa shape index (κ1) is 13.3. The summed E-state index contributed by atoms with van der Waals surface area (Å²) in [5, 5.41) is 2.03. The third kappa shape index (κ3) is 3.37. The molecule has 2 unspecified atom stereocenters. The summed E-state index contributed by atoms with van der Waals surface area (Å²) in [5.41, 5.74) is 0. The molecule has 0 spiro atoms. The molecule has 5 heteroatoms. The molecule has 1 aliphatic carbocycles. The van der Waals surface area contributed by atoms with Gasteiger partial charge in [-0.1, -0.05) is 6.42 Å². The molecule has 1 rings (SSSR count). The van der Waals surface area contributed by atoms with Crippen LogP contribution < -0.4 is 5.32 Å². The maximum atomic E-state index is 11.7. The number of rotatable bonds is 5. The van der Waals surface area contributed by atoms with Crippen LogP contribution in [0.1, 0.15) is 33.1 Å². The van der Waals surface area contributed by atoms with E-state index in [0.29, 0.717) is 6.61 Å². The molecule has 1 amide bonds. The van der Waals surface area contributed by atoms with Crippen LogP contribution in [0, 0.1) is 5.92 Å². The van der Waals surface area contributed by atoms with Crippen LogP contribution in [-0.2, 0) is 14.3 Å². The fourth-order valence-electron chi connectivity index (χ4n) is 1.64. The van der Waals surface area contributed by atoms with Gasteiger partial charge in [-0.25, -0.2) is 4.79 Å². The van der Waals surface area contributed by atoms with Gasteiger partial charge in [0.05, 0.1) is 6.61 Å². The lowest BCUT2D eigenvalue weighted by Gasteiger charge is -2.32. The van der Waals surface area contributed by atoms with Gasteiger partial charge in [0.25, 0.3) is 0 Å². The fraction of sp³-hybridized carbons (Fsp3) is 0.818. The lowest BCUT2D eigenvalue weighted by Crippen LogP contribution is -2.50. The molecular formula is C11H18ClNO3. The highest BCUT2D eigenvalue weighted by Crippen LogP contribution is 2.30. The Morgan fingerprint density at radius 2 is 2.12 bits per heavy atom. The highest BCUT2D eigenvalue weighted by Gasteiger charge is 2.35. The predicted octanol–water partition coefficient (Wildman–Crippen LogP) is 1.46. The molecule has 4 nitrogen and oxygen atoms in total. The van der Waals surface area contributed by atoms with E-state index in [9.17, 15) is 9.59 Å². The zero-order chi connectivity index (χ0) is 12.1. The van der Waals surface area contributed by atoms with Crippen molar-refractivity contribution >= 4 is 23.5 Å². The summed E-state index contributed by atoms with van der Waals surface area (Å²) >= 11 is 5.66. The lowest BCUT2D eigenvalue weighted by atomic mass is 9.79. The van der Waals surface area contributed by atoms with Crippen LogP contribution in [-0.4, -0.2) is 29.9 Å². The highest BCUT2D eigenvalue weighted by atomic mass is 35.5. The standard InChI is InChI=1S/C11H18ClNO3/c1-3-16-11(15)9(8-5-4-6-8)13-10(14)7(2)12/h7-9H,3-6H2,1-2H3,(H,13,14). The number of carbonyl (C=O) groups excluding carboxylic acids is 2. The Morgan fingerprint density at radius 3 is 2.50 bits per heavy atom. The fourth-order valence-corrected chi connectivity index (χ4v) is 1.71. The topological polar surface area (TPSA) is 55.4 Å². The van der Waals surface area contributed by atoms with Gasteiger partial charge in [0, 0.05) is 0 Å². The lowest BCUT2D eigenvalue weighted by molar-refractivity contribution is -0.150. The Morgan fingerprint density at radius 1 is 1.50 bits per heavy atom. The van der Waals surface area contributed by atoms with Crippen LogP contribution in [0.15, 0.2) is 0 Å². The van der Waals surface area contributed by atoms with Crippen molar-refractivity contribution in [1.82, 2.24) is 5.32 Å². The maximum absolute atomic E-state index is 11.7. The number of nitrogens with one attached hydrogen (secondary N) is 1. The van der Waals surface area contributed by atoms with E-state index >= 15 is 0 Å². The number of esters is 1. The quantitative estimate of drug-likeness (QED) is 0.591. The van der Waals surface area contributed by atoms with Gasteiger partial charge < -0.3 is 10.1 Å². The smallest absolute Gasteiger partial charge is 0.328 e. The van der Waals surface area contributed by atoms with Gasteiger partial charge >= 0.3 is 5.97 Å². The first-order valence-corrected chi connectivity index (χ1v) is 6.11. The van der Waals surface area contributed by atoms with Gasteiger partial charge in [-0.2, -0.15) is 0 Å². The molecule has 1 aliphatic rings. The monoisotopic (exact) mass is 247 g/mol. The van der Waals surface area contributed by atoms with E-state index in [-0.39, 0.29) is 17.8 Å². The van der Waals surface area contributed by atoms with Crippen molar-refractivity contribution in [3.63, 3.8) is 0 Å². The average Bonchev–Trinajstić information content (AvgIpc) is 2.14. The SMILES string of the molecule is CCOC(=O)C(NC(=O)C(C)Cl)C1CCC1. The first-order valence-electron chi connectivity index (χ1n) is 5.67. The Bertz CT molecular complexity index is 264. The summed E-state index contributed by atoms with van der Waals surface area (Å²) in [7, 11) is 0. The predicted molar refractivity (Wildman–Crippen MR) is 61.2 cm³/mol. The average molecular weight is 248 g/mol. The summed E-state index contributed by atoms with van der Waals surface area (Å²) in [4.78, 5) is 23.1. The first-order chi connectivity index (χ1) is 7.56. The minimum absolute atomic E-state index is 0.207. The molecule has 0 aromatic heterocycles. The van der Waals surface area contributed by atoms with Crippen molar-refractivity contribution in [3.05, 3.63) is 0 Å². The Hall–Kier alpha value is -0.770. The van der Waals surface area contributed by atoms with Gasteiger partial charge in [0.15, 0.2) is 0 Å². The molecule has 16 heavy (non-hydrogen) atoms. The van der Waals surface area contributed by atoms with Gasteiger partial charge in [-0.15, -0.1) is 11.6 Å². The molecule has 0 bridgehead atoms. The number of carbonyl (C=O) groups is 2. The van der Waals surface area contributed by atoms with Gasteiger partial charge in [0.2, 0.25) is 5.91 Å². The second kappa shape index (κ2) is 6.09. The molecule has 1 N–H and O–H groups in total. The van der Waals surface area contributed by atoms with Crippen LogP contribution in [0.25, 0.3) is 0 Å². The zero-order valence-electron chi connectivity index (χ0n) is 9.66. The summed E-state index contributed by atoms with van der Waals surface area (Å²) in [6.45, 7) is 3.66. The van der Waals surface area contributed by atoms with Crippen molar-refractivity contribution in [1.29, 1.82) is 0 Å². The van der Waals surface area contributed by atoms with E-state index in [0.717, 1.165) is 19.3 Å². The third-order valence-electron chi connectivity index (χ3n) is 2.82. The Balaban J connectivity index is 2.56. The second-order valence-electron chi connectivity index (χ2n) is 4.05. The molecule has 1 saturated carbocycles. The summed E-state index contributed by atoms with van der Waals surface area (Å²) in [6.07, 6.45) is 3.02. The molecule has 2 atom stereocenters. The highest BCUT2D eigenvalue weighted by molar-refractivity contribution is 6.30. The normalized spacial score (nSPS) is 19.4. The Kier molecular flexibility index (Phi) is 5.06. The number of ether oxygens (including phenoxy) is 1. The van der Waals surface area contributed by atoms with E-state index < -0.39 is 11.4 Å². The van der Waals surface area contributed by atoms with Crippen molar-refractivity contribution in [2.75, 3.05) is 6.61 Å². The molecule has 1 fully saturated rings. The molecule has 0 radical (unpaired) electrons. The molecule has 0 heterocycles. The molecule has 0 aromatic rings. The molecule has 0 aromatic carbocycles. The summed E-state index contributed by atoms with van der Waals surface area (Å²) in [5.74, 6) is -0.456. The van der Waals surface area contributed by atoms with E-state index in [1.165, 1.54) is 0 Å². The van der Waals surface area contributed by atoms with E-state index in [2.05, 4.69) is 5.32 Å². The van der Waals surface area contributed by atoms with Crippen molar-refractivity contribution < 1.29 is 14.3 Å². The molecule has 0 aliphatic heterocycles.